The van der Waals surface area contributed by atoms with Gasteiger partial charge in [0.15, 0.2) is 0 Å². The molecular formula is C5H8ClNO3. The van der Waals surface area contributed by atoms with E-state index in [1.165, 1.54) is 6.92 Å². The fourth-order valence-electron chi connectivity index (χ4n) is 0.428. The van der Waals surface area contributed by atoms with Crippen LogP contribution in [0.1, 0.15) is 19.8 Å². The molecule has 0 aromatic heterocycles. The third-order valence-corrected chi connectivity index (χ3v) is 1.31. The third kappa shape index (κ3) is 4.26. The van der Waals surface area contributed by atoms with Crippen LogP contribution in [0.3, 0.4) is 0 Å². The summed E-state index contributed by atoms with van der Waals surface area (Å²) in [5, 5.41) is 9.44. The monoisotopic (exact) mass is 165 g/mol. The van der Waals surface area contributed by atoms with Crippen LogP contribution in [0, 0.1) is 10.1 Å². The number of nitro groups is 1. The van der Waals surface area contributed by atoms with Crippen molar-refractivity contribution >= 4 is 16.8 Å². The summed E-state index contributed by atoms with van der Waals surface area (Å²) in [6.45, 7) is 1.44. The van der Waals surface area contributed by atoms with Crippen LogP contribution < -0.4 is 0 Å². The number of hydrogen-bond acceptors (Lipinski definition) is 3. The van der Waals surface area contributed by atoms with E-state index in [4.69, 9.17) is 11.6 Å². The lowest BCUT2D eigenvalue weighted by Gasteiger charge is -1.98. The topological polar surface area (TPSA) is 60.2 Å². The predicted octanol–water partition coefficient (Wildman–Crippen LogP) is 1.20. The number of carbonyl (C=O) groups is 1. The van der Waals surface area contributed by atoms with Gasteiger partial charge < -0.3 is 0 Å². The summed E-state index contributed by atoms with van der Waals surface area (Å²) in [7, 11) is 0. The van der Waals surface area contributed by atoms with Crippen LogP contribution in [-0.2, 0) is 4.79 Å². The van der Waals surface area contributed by atoms with Crippen molar-refractivity contribution in [2.45, 2.75) is 25.8 Å². The lowest BCUT2D eigenvalue weighted by atomic mass is 10.2. The lowest BCUT2D eigenvalue weighted by molar-refractivity contribution is -0.518. The Morgan fingerprint density at radius 3 is 2.60 bits per heavy atom. The van der Waals surface area contributed by atoms with Crippen molar-refractivity contribution in [1.82, 2.24) is 0 Å². The SMILES string of the molecule is CC(CCC(=O)Cl)[N+](=O)[O-]. The average Bonchev–Trinajstić information content (AvgIpc) is 1.82. The smallest absolute Gasteiger partial charge is 0.221 e. The molecule has 10 heavy (non-hydrogen) atoms. The van der Waals surface area contributed by atoms with Gasteiger partial charge in [0.05, 0.1) is 0 Å². The summed E-state index contributed by atoms with van der Waals surface area (Å²) < 4.78 is 0. The zero-order chi connectivity index (χ0) is 8.15. The number of nitrogens with zero attached hydrogens (tertiary/aromatic N) is 1. The average molecular weight is 166 g/mol. The van der Waals surface area contributed by atoms with Crippen LogP contribution in [0.25, 0.3) is 0 Å². The molecule has 0 spiro atoms. The number of hydrogen-bond donors (Lipinski definition) is 0. The fourth-order valence-corrected chi connectivity index (χ4v) is 0.537. The molecule has 0 fully saturated rings. The van der Waals surface area contributed by atoms with E-state index in [1.54, 1.807) is 0 Å². The molecule has 0 radical (unpaired) electrons. The van der Waals surface area contributed by atoms with Crippen LogP contribution in [0.4, 0.5) is 0 Å². The highest BCUT2D eigenvalue weighted by Crippen LogP contribution is 2.01. The number of rotatable bonds is 4. The van der Waals surface area contributed by atoms with E-state index >= 15 is 0 Å². The number of carbonyl (C=O) groups excluding carboxylic acids is 1. The van der Waals surface area contributed by atoms with Crippen molar-refractivity contribution in [3.05, 3.63) is 10.1 Å². The van der Waals surface area contributed by atoms with E-state index in [0.717, 1.165) is 0 Å². The Kier molecular flexibility index (Phi) is 3.95. The van der Waals surface area contributed by atoms with Gasteiger partial charge in [-0.25, -0.2) is 0 Å². The van der Waals surface area contributed by atoms with Gasteiger partial charge in [-0.2, -0.15) is 0 Å². The minimum atomic E-state index is -0.678. The molecule has 0 saturated carbocycles. The van der Waals surface area contributed by atoms with E-state index in [9.17, 15) is 14.9 Å². The van der Waals surface area contributed by atoms with Crippen LogP contribution in [0.5, 0.6) is 0 Å². The molecule has 5 heteroatoms. The predicted molar refractivity (Wildman–Crippen MR) is 36.6 cm³/mol. The van der Waals surface area contributed by atoms with Crippen molar-refractivity contribution in [2.75, 3.05) is 0 Å². The molecule has 4 nitrogen and oxygen atoms in total. The van der Waals surface area contributed by atoms with Crippen molar-refractivity contribution in [3.8, 4) is 0 Å². The van der Waals surface area contributed by atoms with Crippen molar-refractivity contribution in [2.24, 2.45) is 0 Å². The maximum atomic E-state index is 10.1. The van der Waals surface area contributed by atoms with E-state index in [0.29, 0.717) is 0 Å². The molecule has 0 aromatic carbocycles. The Morgan fingerprint density at radius 1 is 1.80 bits per heavy atom. The van der Waals surface area contributed by atoms with Gasteiger partial charge in [0.1, 0.15) is 0 Å². The standard InChI is InChI=1S/C5H8ClNO3/c1-4(7(9)10)2-3-5(6)8/h4H,2-3H2,1H3. The summed E-state index contributed by atoms with van der Waals surface area (Å²) in [5.74, 6) is 0. The molecule has 58 valence electrons. The quantitative estimate of drug-likeness (QED) is 0.357. The van der Waals surface area contributed by atoms with E-state index in [2.05, 4.69) is 0 Å². The first kappa shape index (κ1) is 9.36. The van der Waals surface area contributed by atoms with Crippen LogP contribution in [0.15, 0.2) is 0 Å². The minimum absolute atomic E-state index is 0.0731. The molecular weight excluding hydrogens is 158 g/mol. The summed E-state index contributed by atoms with van der Waals surface area (Å²) in [6, 6.07) is -0.678. The van der Waals surface area contributed by atoms with Gasteiger partial charge in [-0.3, -0.25) is 14.9 Å². The largest absolute Gasteiger partial charge is 0.281 e. The summed E-state index contributed by atoms with van der Waals surface area (Å²) in [6.07, 6.45) is 0.291. The zero-order valence-corrected chi connectivity index (χ0v) is 6.30. The maximum Gasteiger partial charge on any atom is 0.221 e. The van der Waals surface area contributed by atoms with E-state index < -0.39 is 16.2 Å². The summed E-state index contributed by atoms with van der Waals surface area (Å²) >= 11 is 4.97. The minimum Gasteiger partial charge on any atom is -0.281 e. The molecule has 0 aliphatic heterocycles. The Morgan fingerprint density at radius 2 is 2.30 bits per heavy atom. The highest BCUT2D eigenvalue weighted by Gasteiger charge is 2.13. The summed E-state index contributed by atoms with van der Waals surface area (Å²) in [4.78, 5) is 19.6. The molecule has 0 N–H and O–H groups in total. The Hall–Kier alpha value is -0.640. The van der Waals surface area contributed by atoms with Gasteiger partial charge in [0.25, 0.3) is 0 Å². The molecule has 0 bridgehead atoms. The molecule has 0 aromatic rings. The first-order valence-corrected chi connectivity index (χ1v) is 3.23. The second-order valence-corrected chi connectivity index (χ2v) is 2.45. The lowest BCUT2D eigenvalue weighted by Crippen LogP contribution is -2.15. The first-order valence-electron chi connectivity index (χ1n) is 2.86. The van der Waals surface area contributed by atoms with Crippen molar-refractivity contribution in [1.29, 1.82) is 0 Å². The van der Waals surface area contributed by atoms with Gasteiger partial charge in [0, 0.05) is 24.7 Å². The molecule has 0 heterocycles. The van der Waals surface area contributed by atoms with Crippen LogP contribution in [-0.4, -0.2) is 16.2 Å². The second-order valence-electron chi connectivity index (χ2n) is 2.03. The van der Waals surface area contributed by atoms with E-state index in [1.807, 2.05) is 0 Å². The molecule has 0 rings (SSSR count). The molecule has 0 aliphatic rings. The highest BCUT2D eigenvalue weighted by atomic mass is 35.5. The summed E-state index contributed by atoms with van der Waals surface area (Å²) in [5.41, 5.74) is 0. The van der Waals surface area contributed by atoms with Crippen molar-refractivity contribution in [3.63, 3.8) is 0 Å². The third-order valence-electron chi connectivity index (χ3n) is 1.12. The second kappa shape index (κ2) is 4.22. The van der Waals surface area contributed by atoms with Gasteiger partial charge in [-0.1, -0.05) is 0 Å². The maximum absolute atomic E-state index is 10.1. The normalized spacial score (nSPS) is 12.6. The molecule has 0 aliphatic carbocycles. The van der Waals surface area contributed by atoms with Crippen LogP contribution >= 0.6 is 11.6 Å². The van der Waals surface area contributed by atoms with Crippen molar-refractivity contribution < 1.29 is 9.72 Å². The Bertz CT molecular complexity index is 148. The van der Waals surface area contributed by atoms with Gasteiger partial charge in [-0.05, 0) is 11.6 Å². The van der Waals surface area contributed by atoms with Gasteiger partial charge in [0.2, 0.25) is 11.3 Å². The molecule has 1 atom stereocenters. The highest BCUT2D eigenvalue weighted by molar-refractivity contribution is 6.63. The van der Waals surface area contributed by atoms with Gasteiger partial charge >= 0.3 is 0 Å². The van der Waals surface area contributed by atoms with Gasteiger partial charge in [-0.15, -0.1) is 0 Å². The van der Waals surface area contributed by atoms with Crippen LogP contribution in [0.2, 0.25) is 0 Å². The molecule has 0 saturated heterocycles. The first-order chi connectivity index (χ1) is 4.54. The van der Waals surface area contributed by atoms with E-state index in [-0.39, 0.29) is 12.8 Å². The fraction of sp³-hybridized carbons (Fsp3) is 0.800. The number of halogens is 1. The molecule has 0 amide bonds. The molecule has 1 unspecified atom stereocenters. The Labute approximate surface area is 63.3 Å². The zero-order valence-electron chi connectivity index (χ0n) is 5.54. The Balaban J connectivity index is 3.49.